The van der Waals surface area contributed by atoms with Crippen LogP contribution in [0.5, 0.6) is 0 Å². The average molecular weight is 231 g/mol. The van der Waals surface area contributed by atoms with Crippen LogP contribution in [0.4, 0.5) is 0 Å². The molecule has 2 nitrogen and oxygen atoms in total. The zero-order chi connectivity index (χ0) is 11.9. The zero-order valence-electron chi connectivity index (χ0n) is 10.4. The summed E-state index contributed by atoms with van der Waals surface area (Å²) in [5.41, 5.74) is 2.70. The van der Waals surface area contributed by atoms with Crippen molar-refractivity contribution < 1.29 is 4.79 Å². The molecule has 2 heteroatoms. The lowest BCUT2D eigenvalue weighted by molar-refractivity contribution is -0.146. The van der Waals surface area contributed by atoms with E-state index in [4.69, 9.17) is 0 Å². The number of rotatable bonds is 3. The zero-order valence-corrected chi connectivity index (χ0v) is 10.4. The van der Waals surface area contributed by atoms with E-state index in [1.54, 1.807) is 6.08 Å². The molecule has 4 aliphatic carbocycles. The second kappa shape index (κ2) is 4.03. The Morgan fingerprint density at radius 3 is 2.24 bits per heavy atom. The molecule has 1 N–H and O–H groups in total. The van der Waals surface area contributed by atoms with Gasteiger partial charge < -0.3 is 5.32 Å². The Balaban J connectivity index is 1.73. The summed E-state index contributed by atoms with van der Waals surface area (Å²) in [5, 5.41) is 3.04. The minimum Gasteiger partial charge on any atom is -0.352 e. The standard InChI is InChI=1S/C15H21NO/c1-2-3-4-16-14(17)15-8-11-5-12(9-15)7-13(6-11)10-15/h3,11-13H,1,4-10H2,(H,16,17). The van der Waals surface area contributed by atoms with Gasteiger partial charge in [-0.05, 0) is 62.4 Å². The van der Waals surface area contributed by atoms with Crippen LogP contribution in [0.1, 0.15) is 38.5 Å². The topological polar surface area (TPSA) is 29.1 Å². The SMILES string of the molecule is C=C=CCNC(=O)C12CC3CC(CC(C3)C1)C2. The van der Waals surface area contributed by atoms with Crippen LogP contribution in [-0.2, 0) is 4.79 Å². The van der Waals surface area contributed by atoms with Crippen LogP contribution >= 0.6 is 0 Å². The number of nitrogens with one attached hydrogen (secondary N) is 1. The molecule has 92 valence electrons. The summed E-state index contributed by atoms with van der Waals surface area (Å²) in [6, 6.07) is 0. The summed E-state index contributed by atoms with van der Waals surface area (Å²) in [6.07, 6.45) is 9.38. The summed E-state index contributed by atoms with van der Waals surface area (Å²) >= 11 is 0. The van der Waals surface area contributed by atoms with Crippen LogP contribution in [0.25, 0.3) is 0 Å². The summed E-state index contributed by atoms with van der Waals surface area (Å²) in [7, 11) is 0. The smallest absolute Gasteiger partial charge is 0.226 e. The minimum absolute atomic E-state index is 0.0102. The van der Waals surface area contributed by atoms with E-state index in [0.717, 1.165) is 37.0 Å². The number of carbonyl (C=O) groups excluding carboxylic acids is 1. The Morgan fingerprint density at radius 2 is 1.76 bits per heavy atom. The van der Waals surface area contributed by atoms with Crippen LogP contribution in [0, 0.1) is 23.2 Å². The van der Waals surface area contributed by atoms with Crippen LogP contribution < -0.4 is 5.32 Å². The van der Waals surface area contributed by atoms with Crippen LogP contribution in [0.15, 0.2) is 18.4 Å². The molecule has 0 aromatic heterocycles. The monoisotopic (exact) mass is 231 g/mol. The number of hydrogen-bond donors (Lipinski definition) is 1. The van der Waals surface area contributed by atoms with Gasteiger partial charge in [-0.25, -0.2) is 0 Å². The quantitative estimate of drug-likeness (QED) is 0.743. The predicted molar refractivity (Wildman–Crippen MR) is 67.3 cm³/mol. The highest BCUT2D eigenvalue weighted by Gasteiger charge is 2.54. The molecule has 1 amide bonds. The molecule has 4 bridgehead atoms. The first-order valence-electron chi connectivity index (χ1n) is 6.84. The van der Waals surface area contributed by atoms with Crippen molar-refractivity contribution in [1.82, 2.24) is 5.32 Å². The molecule has 0 aromatic rings. The number of carbonyl (C=O) groups is 1. The fraction of sp³-hybridized carbons (Fsp3) is 0.733. The van der Waals surface area contributed by atoms with Crippen molar-refractivity contribution in [2.24, 2.45) is 23.2 Å². The Hall–Kier alpha value is -1.01. The van der Waals surface area contributed by atoms with E-state index in [1.807, 2.05) is 0 Å². The third-order valence-corrected chi connectivity index (χ3v) is 5.03. The van der Waals surface area contributed by atoms with Crippen molar-refractivity contribution in [2.75, 3.05) is 6.54 Å². The maximum Gasteiger partial charge on any atom is 0.226 e. The van der Waals surface area contributed by atoms with Crippen LogP contribution in [0.3, 0.4) is 0 Å². The highest BCUT2D eigenvalue weighted by Crippen LogP contribution is 2.60. The van der Waals surface area contributed by atoms with Gasteiger partial charge >= 0.3 is 0 Å². The molecule has 0 radical (unpaired) electrons. The average Bonchev–Trinajstić information content (AvgIpc) is 2.27. The molecule has 4 rings (SSSR count). The van der Waals surface area contributed by atoms with Crippen molar-refractivity contribution in [1.29, 1.82) is 0 Å². The molecule has 0 saturated heterocycles. The molecule has 4 aliphatic rings. The third kappa shape index (κ3) is 1.85. The fourth-order valence-corrected chi connectivity index (χ4v) is 4.79. The molecule has 17 heavy (non-hydrogen) atoms. The largest absolute Gasteiger partial charge is 0.352 e. The normalized spacial score (nSPS) is 42.0. The summed E-state index contributed by atoms with van der Waals surface area (Å²) < 4.78 is 0. The first-order valence-corrected chi connectivity index (χ1v) is 6.84. The molecule has 0 spiro atoms. The lowest BCUT2D eigenvalue weighted by Crippen LogP contribution is -2.53. The van der Waals surface area contributed by atoms with Gasteiger partial charge in [-0.3, -0.25) is 4.79 Å². The molecular weight excluding hydrogens is 210 g/mol. The van der Waals surface area contributed by atoms with Gasteiger partial charge in [0.25, 0.3) is 0 Å². The summed E-state index contributed by atoms with van der Waals surface area (Å²) in [4.78, 5) is 12.4. The van der Waals surface area contributed by atoms with E-state index in [1.165, 1.54) is 19.3 Å². The van der Waals surface area contributed by atoms with Gasteiger partial charge in [-0.2, -0.15) is 0 Å². The van der Waals surface area contributed by atoms with Crippen LogP contribution in [-0.4, -0.2) is 12.5 Å². The van der Waals surface area contributed by atoms with E-state index in [0.29, 0.717) is 12.5 Å². The molecule has 0 atom stereocenters. The highest BCUT2D eigenvalue weighted by atomic mass is 16.2. The van der Waals surface area contributed by atoms with Gasteiger partial charge in [0.15, 0.2) is 0 Å². The van der Waals surface area contributed by atoms with Gasteiger partial charge in [0, 0.05) is 12.0 Å². The lowest BCUT2D eigenvalue weighted by atomic mass is 9.49. The van der Waals surface area contributed by atoms with Crippen LogP contribution in [0.2, 0.25) is 0 Å². The molecule has 4 fully saturated rings. The van der Waals surface area contributed by atoms with Gasteiger partial charge in [0.2, 0.25) is 5.91 Å². The number of amides is 1. The van der Waals surface area contributed by atoms with Crippen molar-refractivity contribution in [3.8, 4) is 0 Å². The van der Waals surface area contributed by atoms with Crippen molar-refractivity contribution in [2.45, 2.75) is 38.5 Å². The van der Waals surface area contributed by atoms with E-state index in [9.17, 15) is 4.79 Å². The number of hydrogen-bond acceptors (Lipinski definition) is 1. The van der Waals surface area contributed by atoms with Crippen molar-refractivity contribution >= 4 is 5.91 Å². The maximum atomic E-state index is 12.4. The Bertz CT molecular complexity index is 343. The van der Waals surface area contributed by atoms with Gasteiger partial charge in [0.05, 0.1) is 0 Å². The second-order valence-electron chi connectivity index (χ2n) is 6.32. The highest BCUT2D eigenvalue weighted by molar-refractivity contribution is 5.83. The first-order chi connectivity index (χ1) is 8.22. The maximum absolute atomic E-state index is 12.4. The van der Waals surface area contributed by atoms with Crippen molar-refractivity contribution in [3.63, 3.8) is 0 Å². The fourth-order valence-electron chi connectivity index (χ4n) is 4.79. The predicted octanol–water partition coefficient (Wildman–Crippen LogP) is 2.66. The van der Waals surface area contributed by atoms with E-state index in [-0.39, 0.29) is 5.41 Å². The van der Waals surface area contributed by atoms with Gasteiger partial charge in [-0.1, -0.05) is 6.58 Å². The molecule has 4 saturated carbocycles. The second-order valence-corrected chi connectivity index (χ2v) is 6.32. The Kier molecular flexibility index (Phi) is 2.63. The Labute approximate surface area is 103 Å². The molecule has 0 heterocycles. The minimum atomic E-state index is -0.0102. The Morgan fingerprint density at radius 1 is 1.24 bits per heavy atom. The van der Waals surface area contributed by atoms with Gasteiger partial charge in [0.1, 0.15) is 0 Å². The molecule has 0 unspecified atom stereocenters. The summed E-state index contributed by atoms with van der Waals surface area (Å²) in [5.74, 6) is 2.80. The van der Waals surface area contributed by atoms with Gasteiger partial charge in [-0.15, -0.1) is 5.73 Å². The van der Waals surface area contributed by atoms with E-state index in [2.05, 4.69) is 17.6 Å². The molecule has 0 aliphatic heterocycles. The summed E-state index contributed by atoms with van der Waals surface area (Å²) in [6.45, 7) is 4.11. The van der Waals surface area contributed by atoms with E-state index >= 15 is 0 Å². The molecular formula is C15H21NO. The first kappa shape index (κ1) is 11.1. The molecule has 0 aromatic carbocycles. The third-order valence-electron chi connectivity index (χ3n) is 5.03. The van der Waals surface area contributed by atoms with E-state index < -0.39 is 0 Å². The lowest BCUT2D eigenvalue weighted by Gasteiger charge is -2.55. The van der Waals surface area contributed by atoms with Crippen molar-refractivity contribution in [3.05, 3.63) is 18.4 Å².